The minimum atomic E-state index is -0.427. The van der Waals surface area contributed by atoms with E-state index < -0.39 is 11.5 Å². The van der Waals surface area contributed by atoms with Crippen LogP contribution in [-0.4, -0.2) is 18.2 Å². The molecular weight excluding hydrogens is 380 g/mol. The van der Waals surface area contributed by atoms with Gasteiger partial charge in [0.15, 0.2) is 6.61 Å². The number of benzene rings is 2. The molecule has 1 heterocycles. The minimum Gasteiger partial charge on any atom is -0.484 e. The first-order valence-electron chi connectivity index (χ1n) is 8.75. The molecule has 0 spiro atoms. The Bertz CT molecular complexity index is 1090. The molecule has 1 N–H and O–H groups in total. The normalized spacial score (nSPS) is 11.5. The number of ether oxygens (including phenoxy) is 1. The SMILES string of the molecule is CC/C(=N/NC(=O)COc1ccc2c(C)cc(=O)oc2c1)c1ccc(Cl)cc1. The molecule has 144 valence electrons. The van der Waals surface area contributed by atoms with Gasteiger partial charge in [-0.05, 0) is 48.7 Å². The van der Waals surface area contributed by atoms with Crippen LogP contribution < -0.4 is 15.8 Å². The number of hydrazone groups is 1. The predicted octanol–water partition coefficient (Wildman–Crippen LogP) is 4.06. The largest absolute Gasteiger partial charge is 0.484 e. The molecule has 0 aliphatic rings. The van der Waals surface area contributed by atoms with Crippen LogP contribution >= 0.6 is 11.6 Å². The number of amides is 1. The lowest BCUT2D eigenvalue weighted by Crippen LogP contribution is -2.26. The highest BCUT2D eigenvalue weighted by molar-refractivity contribution is 6.30. The third kappa shape index (κ3) is 4.78. The average molecular weight is 399 g/mol. The van der Waals surface area contributed by atoms with Gasteiger partial charge in [0.1, 0.15) is 11.3 Å². The molecule has 0 fully saturated rings. The summed E-state index contributed by atoms with van der Waals surface area (Å²) in [4.78, 5) is 23.6. The lowest BCUT2D eigenvalue weighted by atomic mass is 10.1. The van der Waals surface area contributed by atoms with E-state index in [0.29, 0.717) is 22.8 Å². The molecule has 0 saturated heterocycles. The van der Waals surface area contributed by atoms with Crippen molar-refractivity contribution in [3.63, 3.8) is 0 Å². The molecule has 28 heavy (non-hydrogen) atoms. The number of hydrogen-bond donors (Lipinski definition) is 1. The van der Waals surface area contributed by atoms with Crippen molar-refractivity contribution in [2.24, 2.45) is 5.10 Å². The van der Waals surface area contributed by atoms with Gasteiger partial charge in [-0.2, -0.15) is 5.10 Å². The number of nitrogens with one attached hydrogen (secondary N) is 1. The van der Waals surface area contributed by atoms with E-state index in [1.165, 1.54) is 6.07 Å². The summed E-state index contributed by atoms with van der Waals surface area (Å²) in [5, 5.41) is 5.61. The van der Waals surface area contributed by atoms with E-state index in [-0.39, 0.29) is 6.61 Å². The summed E-state index contributed by atoms with van der Waals surface area (Å²) >= 11 is 5.89. The van der Waals surface area contributed by atoms with E-state index in [1.807, 2.05) is 26.0 Å². The van der Waals surface area contributed by atoms with Crippen LogP contribution in [0.2, 0.25) is 5.02 Å². The predicted molar refractivity (Wildman–Crippen MR) is 109 cm³/mol. The van der Waals surface area contributed by atoms with Crippen molar-refractivity contribution in [3.8, 4) is 5.75 Å². The van der Waals surface area contributed by atoms with Gasteiger partial charge in [0.25, 0.3) is 5.91 Å². The highest BCUT2D eigenvalue weighted by Gasteiger charge is 2.07. The highest BCUT2D eigenvalue weighted by atomic mass is 35.5. The first-order valence-corrected chi connectivity index (χ1v) is 9.12. The fourth-order valence-corrected chi connectivity index (χ4v) is 2.82. The molecule has 1 aromatic heterocycles. The van der Waals surface area contributed by atoms with Crippen molar-refractivity contribution >= 4 is 34.2 Å². The summed E-state index contributed by atoms with van der Waals surface area (Å²) in [6.45, 7) is 3.56. The summed E-state index contributed by atoms with van der Waals surface area (Å²) in [5.41, 5.74) is 4.91. The second kappa shape index (κ2) is 8.71. The standard InChI is InChI=1S/C21H19ClN2O4/c1-3-18(14-4-6-15(22)7-5-14)23-24-20(25)12-27-16-8-9-17-13(2)10-21(26)28-19(17)11-16/h4-11H,3,12H2,1-2H3,(H,24,25)/b23-18-. The van der Waals surface area contributed by atoms with Gasteiger partial charge in [0.2, 0.25) is 0 Å². The number of aryl methyl sites for hydroxylation is 1. The van der Waals surface area contributed by atoms with Crippen molar-refractivity contribution < 1.29 is 13.9 Å². The third-order valence-electron chi connectivity index (χ3n) is 4.12. The van der Waals surface area contributed by atoms with Crippen LogP contribution in [0.4, 0.5) is 0 Å². The molecular formula is C21H19ClN2O4. The lowest BCUT2D eigenvalue weighted by molar-refractivity contribution is -0.123. The summed E-state index contributed by atoms with van der Waals surface area (Å²) in [5.74, 6) is 0.0273. The number of halogens is 1. The molecule has 2 aromatic carbocycles. The van der Waals surface area contributed by atoms with Crippen molar-refractivity contribution in [2.45, 2.75) is 20.3 Å². The van der Waals surface area contributed by atoms with Gasteiger partial charge in [-0.3, -0.25) is 4.79 Å². The summed E-state index contributed by atoms with van der Waals surface area (Å²) in [7, 11) is 0. The first kappa shape index (κ1) is 19.6. The molecule has 0 radical (unpaired) electrons. The lowest BCUT2D eigenvalue weighted by Gasteiger charge is -2.08. The van der Waals surface area contributed by atoms with Gasteiger partial charge in [0, 0.05) is 22.5 Å². The van der Waals surface area contributed by atoms with Gasteiger partial charge >= 0.3 is 5.63 Å². The van der Waals surface area contributed by atoms with Gasteiger partial charge in [-0.1, -0.05) is 30.7 Å². The van der Waals surface area contributed by atoms with Crippen molar-refractivity contribution in [2.75, 3.05) is 6.61 Å². The summed E-state index contributed by atoms with van der Waals surface area (Å²) in [6, 6.07) is 13.8. The highest BCUT2D eigenvalue weighted by Crippen LogP contribution is 2.22. The van der Waals surface area contributed by atoms with E-state index >= 15 is 0 Å². The van der Waals surface area contributed by atoms with E-state index in [9.17, 15) is 9.59 Å². The Balaban J connectivity index is 1.64. The molecule has 0 aliphatic heterocycles. The Morgan fingerprint density at radius 3 is 2.64 bits per heavy atom. The first-order chi connectivity index (χ1) is 13.5. The number of carbonyl (C=O) groups excluding carboxylic acids is 1. The maximum absolute atomic E-state index is 12.1. The van der Waals surface area contributed by atoms with Gasteiger partial charge in [-0.15, -0.1) is 0 Å². The van der Waals surface area contributed by atoms with E-state index in [2.05, 4.69) is 10.5 Å². The molecule has 0 bridgehead atoms. The monoisotopic (exact) mass is 398 g/mol. The molecule has 3 aromatic rings. The molecule has 0 saturated carbocycles. The topological polar surface area (TPSA) is 80.9 Å². The zero-order chi connectivity index (χ0) is 20.1. The maximum Gasteiger partial charge on any atom is 0.336 e. The Kier molecular flexibility index (Phi) is 6.11. The average Bonchev–Trinajstić information content (AvgIpc) is 2.67. The zero-order valence-electron chi connectivity index (χ0n) is 15.5. The molecule has 0 atom stereocenters. The second-order valence-electron chi connectivity index (χ2n) is 6.15. The third-order valence-corrected chi connectivity index (χ3v) is 4.37. The molecule has 3 rings (SSSR count). The second-order valence-corrected chi connectivity index (χ2v) is 6.59. The maximum atomic E-state index is 12.1. The Labute approximate surface area is 166 Å². The fourth-order valence-electron chi connectivity index (χ4n) is 2.70. The zero-order valence-corrected chi connectivity index (χ0v) is 16.2. The molecule has 6 nitrogen and oxygen atoms in total. The number of fused-ring (bicyclic) bond motifs is 1. The number of rotatable bonds is 6. The van der Waals surface area contributed by atoms with Crippen LogP contribution in [0.15, 0.2) is 62.8 Å². The van der Waals surface area contributed by atoms with E-state index in [0.717, 1.165) is 22.2 Å². The quantitative estimate of drug-likeness (QED) is 0.385. The minimum absolute atomic E-state index is 0.220. The Morgan fingerprint density at radius 1 is 1.18 bits per heavy atom. The smallest absolute Gasteiger partial charge is 0.336 e. The van der Waals surface area contributed by atoms with Crippen LogP contribution in [0.25, 0.3) is 11.0 Å². The van der Waals surface area contributed by atoms with Gasteiger partial charge < -0.3 is 9.15 Å². The van der Waals surface area contributed by atoms with Crippen LogP contribution in [0.5, 0.6) is 5.75 Å². The van der Waals surface area contributed by atoms with Crippen LogP contribution in [0.1, 0.15) is 24.5 Å². The molecule has 0 unspecified atom stereocenters. The van der Waals surface area contributed by atoms with Crippen molar-refractivity contribution in [1.82, 2.24) is 5.43 Å². The Hall–Kier alpha value is -3.12. The number of nitrogens with zero attached hydrogens (tertiary/aromatic N) is 1. The van der Waals surface area contributed by atoms with E-state index in [1.54, 1.807) is 30.3 Å². The van der Waals surface area contributed by atoms with Crippen LogP contribution in [0.3, 0.4) is 0 Å². The molecule has 0 aliphatic carbocycles. The van der Waals surface area contributed by atoms with Crippen molar-refractivity contribution in [3.05, 3.63) is 75.1 Å². The molecule has 7 heteroatoms. The van der Waals surface area contributed by atoms with Crippen molar-refractivity contribution in [1.29, 1.82) is 0 Å². The van der Waals surface area contributed by atoms with E-state index in [4.69, 9.17) is 20.8 Å². The number of carbonyl (C=O) groups is 1. The van der Waals surface area contributed by atoms with Crippen LogP contribution in [0, 0.1) is 6.92 Å². The fraction of sp³-hybridized carbons (Fsp3) is 0.190. The number of hydrogen-bond acceptors (Lipinski definition) is 5. The molecule has 1 amide bonds. The van der Waals surface area contributed by atoms with Crippen LogP contribution in [-0.2, 0) is 4.79 Å². The van der Waals surface area contributed by atoms with Gasteiger partial charge in [-0.25, -0.2) is 10.2 Å². The summed E-state index contributed by atoms with van der Waals surface area (Å²) in [6.07, 6.45) is 0.645. The Morgan fingerprint density at radius 2 is 1.93 bits per heavy atom. The van der Waals surface area contributed by atoms with Gasteiger partial charge in [0.05, 0.1) is 5.71 Å². The summed E-state index contributed by atoms with van der Waals surface area (Å²) < 4.78 is 10.7.